The number of ketones is 1. The maximum atomic E-state index is 12.1. The quantitative estimate of drug-likeness (QED) is 0.878. The minimum Gasteiger partial charge on any atom is -0.292 e. The summed E-state index contributed by atoms with van der Waals surface area (Å²) in [5.74, 6) is -0.188. The number of aromatic nitrogens is 2. The highest BCUT2D eigenvalue weighted by Gasteiger charge is 2.14. The van der Waals surface area contributed by atoms with Crippen molar-refractivity contribution in [1.82, 2.24) is 9.55 Å². The summed E-state index contributed by atoms with van der Waals surface area (Å²) in [5, 5.41) is -0.120. The number of hydrogen-bond acceptors (Lipinski definition) is 4. The lowest BCUT2D eigenvalue weighted by atomic mass is 10.1. The van der Waals surface area contributed by atoms with Crippen molar-refractivity contribution in [2.75, 3.05) is 0 Å². The molecule has 0 bridgehead atoms. The van der Waals surface area contributed by atoms with Crippen LogP contribution in [-0.4, -0.2) is 15.3 Å². The molecule has 0 atom stereocenters. The van der Waals surface area contributed by atoms with Crippen molar-refractivity contribution in [2.45, 2.75) is 20.4 Å². The summed E-state index contributed by atoms with van der Waals surface area (Å²) < 4.78 is 1.10. The Morgan fingerprint density at radius 3 is 2.68 bits per heavy atom. The number of hydrogen-bond donors (Lipinski definition) is 1. The first-order chi connectivity index (χ1) is 8.88. The van der Waals surface area contributed by atoms with Crippen molar-refractivity contribution in [1.29, 1.82) is 0 Å². The highest BCUT2D eigenvalue weighted by atomic mass is 35.5. The zero-order valence-electron chi connectivity index (χ0n) is 10.3. The van der Waals surface area contributed by atoms with Gasteiger partial charge in [0, 0.05) is 21.5 Å². The van der Waals surface area contributed by atoms with Crippen molar-refractivity contribution in [3.63, 3.8) is 0 Å². The zero-order valence-corrected chi connectivity index (χ0v) is 11.9. The summed E-state index contributed by atoms with van der Waals surface area (Å²) in [7, 11) is 0. The second kappa shape index (κ2) is 5.14. The van der Waals surface area contributed by atoms with Gasteiger partial charge in [-0.05, 0) is 19.9 Å². The summed E-state index contributed by atoms with van der Waals surface area (Å²) in [4.78, 5) is 38.8. The van der Waals surface area contributed by atoms with E-state index in [1.807, 2.05) is 13.8 Å². The van der Waals surface area contributed by atoms with Crippen LogP contribution in [-0.2, 0) is 6.54 Å². The van der Waals surface area contributed by atoms with E-state index in [0.717, 1.165) is 14.3 Å². The van der Waals surface area contributed by atoms with Gasteiger partial charge in [-0.2, -0.15) is 0 Å². The van der Waals surface area contributed by atoms with Gasteiger partial charge in [-0.3, -0.25) is 19.1 Å². The number of H-pyrrole nitrogens is 1. The molecule has 1 N–H and O–H groups in total. The molecule has 5 nitrogen and oxygen atoms in total. The molecule has 7 heteroatoms. The second-order valence-corrected chi connectivity index (χ2v) is 5.98. The van der Waals surface area contributed by atoms with Crippen LogP contribution >= 0.6 is 22.9 Å². The van der Waals surface area contributed by atoms with Crippen LogP contribution < -0.4 is 11.2 Å². The van der Waals surface area contributed by atoms with Crippen molar-refractivity contribution in [3.8, 4) is 0 Å². The molecule has 0 amide bonds. The third-order valence-corrected chi connectivity index (χ3v) is 3.86. The van der Waals surface area contributed by atoms with Crippen LogP contribution in [0.25, 0.3) is 0 Å². The zero-order chi connectivity index (χ0) is 14.2. The lowest BCUT2D eigenvalue weighted by Crippen LogP contribution is -2.31. The maximum absolute atomic E-state index is 12.1. The molecule has 0 aliphatic rings. The normalized spacial score (nSPS) is 10.7. The molecule has 2 rings (SSSR count). The predicted octanol–water partition coefficient (Wildman–Crippen LogP) is 1.75. The lowest BCUT2D eigenvalue weighted by Gasteiger charge is -2.04. The summed E-state index contributed by atoms with van der Waals surface area (Å²) in [6.45, 7) is 3.62. The third-order valence-electron chi connectivity index (χ3n) is 2.62. The summed E-state index contributed by atoms with van der Waals surface area (Å²) in [5.41, 5.74) is -0.706. The van der Waals surface area contributed by atoms with E-state index in [-0.39, 0.29) is 17.4 Å². The second-order valence-electron chi connectivity index (χ2n) is 4.11. The van der Waals surface area contributed by atoms with Crippen molar-refractivity contribution >= 4 is 28.7 Å². The number of carbonyl (C=O) groups excluding carboxylic acids is 1. The standard InChI is InChI=1S/C12H11ClN2O3S/c1-6-3-8(7(2)19-6)10(16)5-15-4-9(13)11(17)14-12(15)18/h3-4H,5H2,1-2H3,(H,14,17,18). The fourth-order valence-corrected chi connectivity index (χ4v) is 2.86. The van der Waals surface area contributed by atoms with Gasteiger partial charge in [-0.15, -0.1) is 11.3 Å². The number of aryl methyl sites for hydroxylation is 2. The van der Waals surface area contributed by atoms with Gasteiger partial charge in [-0.25, -0.2) is 4.79 Å². The Morgan fingerprint density at radius 1 is 1.42 bits per heavy atom. The summed E-state index contributed by atoms with van der Waals surface area (Å²) >= 11 is 7.16. The van der Waals surface area contributed by atoms with E-state index in [1.54, 1.807) is 6.07 Å². The van der Waals surface area contributed by atoms with Gasteiger partial charge in [0.05, 0.1) is 6.54 Å². The first-order valence-corrected chi connectivity index (χ1v) is 6.67. The molecule has 0 aliphatic heterocycles. The Morgan fingerprint density at radius 2 is 2.11 bits per heavy atom. The molecule has 0 saturated carbocycles. The molecule has 0 saturated heterocycles. The molecule has 19 heavy (non-hydrogen) atoms. The Bertz CT molecular complexity index is 757. The molecule has 0 fully saturated rings. The first-order valence-electron chi connectivity index (χ1n) is 5.48. The average Bonchev–Trinajstić information content (AvgIpc) is 2.65. The highest BCUT2D eigenvalue weighted by molar-refractivity contribution is 7.12. The number of carbonyl (C=O) groups is 1. The summed E-state index contributed by atoms with van der Waals surface area (Å²) in [6, 6.07) is 1.79. The van der Waals surface area contributed by atoms with Gasteiger partial charge in [0.1, 0.15) is 5.02 Å². The minimum absolute atomic E-state index is 0.120. The Labute approximate surface area is 117 Å². The predicted molar refractivity (Wildman–Crippen MR) is 74.5 cm³/mol. The van der Waals surface area contributed by atoms with E-state index >= 15 is 0 Å². The molecular weight excluding hydrogens is 288 g/mol. The van der Waals surface area contributed by atoms with Crippen LogP contribution in [0.5, 0.6) is 0 Å². The Kier molecular flexibility index (Phi) is 3.73. The average molecular weight is 299 g/mol. The number of nitrogens with zero attached hydrogens (tertiary/aromatic N) is 1. The number of halogens is 1. The first kappa shape index (κ1) is 13.8. The number of rotatable bonds is 3. The Balaban J connectivity index is 2.34. The van der Waals surface area contributed by atoms with Gasteiger partial charge in [0.2, 0.25) is 0 Å². The van der Waals surface area contributed by atoms with E-state index in [9.17, 15) is 14.4 Å². The van der Waals surface area contributed by atoms with Gasteiger partial charge in [0.15, 0.2) is 5.78 Å². The number of Topliss-reactive ketones (excluding diaryl/α,β-unsaturated/α-hetero) is 1. The maximum Gasteiger partial charge on any atom is 0.328 e. The van der Waals surface area contributed by atoms with Crippen LogP contribution in [0, 0.1) is 13.8 Å². The van der Waals surface area contributed by atoms with E-state index in [0.29, 0.717) is 5.56 Å². The van der Waals surface area contributed by atoms with Crippen molar-refractivity contribution in [2.24, 2.45) is 0 Å². The molecule has 0 spiro atoms. The minimum atomic E-state index is -0.655. The number of thiophene rings is 1. The smallest absolute Gasteiger partial charge is 0.292 e. The van der Waals surface area contributed by atoms with Gasteiger partial charge < -0.3 is 0 Å². The van der Waals surface area contributed by atoms with Crippen LogP contribution in [0.1, 0.15) is 20.1 Å². The summed E-state index contributed by atoms with van der Waals surface area (Å²) in [6.07, 6.45) is 1.18. The molecule has 2 heterocycles. The topological polar surface area (TPSA) is 71.9 Å². The molecule has 0 aliphatic carbocycles. The third kappa shape index (κ3) is 2.85. The van der Waals surface area contributed by atoms with Gasteiger partial charge in [-0.1, -0.05) is 11.6 Å². The van der Waals surface area contributed by atoms with E-state index in [2.05, 4.69) is 4.98 Å². The van der Waals surface area contributed by atoms with Crippen molar-refractivity contribution in [3.05, 3.63) is 53.4 Å². The molecule has 2 aromatic heterocycles. The molecule has 2 aromatic rings. The van der Waals surface area contributed by atoms with Gasteiger partial charge >= 0.3 is 5.69 Å². The molecule has 0 unspecified atom stereocenters. The largest absolute Gasteiger partial charge is 0.328 e. The highest BCUT2D eigenvalue weighted by Crippen LogP contribution is 2.21. The lowest BCUT2D eigenvalue weighted by molar-refractivity contribution is 0.0970. The molecule has 0 aromatic carbocycles. The monoisotopic (exact) mass is 298 g/mol. The van der Waals surface area contributed by atoms with E-state index in [4.69, 9.17) is 11.6 Å². The molecular formula is C12H11ClN2O3S. The van der Waals surface area contributed by atoms with E-state index < -0.39 is 11.2 Å². The fourth-order valence-electron chi connectivity index (χ4n) is 1.75. The van der Waals surface area contributed by atoms with Crippen LogP contribution in [0.15, 0.2) is 21.9 Å². The molecule has 0 radical (unpaired) electrons. The van der Waals surface area contributed by atoms with Crippen LogP contribution in [0.4, 0.5) is 0 Å². The molecule has 100 valence electrons. The van der Waals surface area contributed by atoms with Crippen molar-refractivity contribution < 1.29 is 4.79 Å². The van der Waals surface area contributed by atoms with Crippen LogP contribution in [0.3, 0.4) is 0 Å². The van der Waals surface area contributed by atoms with Gasteiger partial charge in [0.25, 0.3) is 5.56 Å². The number of nitrogens with one attached hydrogen (secondary N) is 1. The number of aromatic amines is 1. The van der Waals surface area contributed by atoms with Crippen LogP contribution in [0.2, 0.25) is 5.02 Å². The Hall–Kier alpha value is -1.66. The SMILES string of the molecule is Cc1cc(C(=O)Cn2cc(Cl)c(=O)[nH]c2=O)c(C)s1. The fraction of sp³-hybridized carbons (Fsp3) is 0.250. The van der Waals surface area contributed by atoms with E-state index in [1.165, 1.54) is 17.5 Å².